The first-order valence-corrected chi connectivity index (χ1v) is 6.09. The second kappa shape index (κ2) is 7.76. The van der Waals surface area contributed by atoms with Gasteiger partial charge in [-0.1, -0.05) is 44.2 Å². The van der Waals surface area contributed by atoms with Crippen LogP contribution in [0.3, 0.4) is 0 Å². The first kappa shape index (κ1) is 13.6. The number of rotatable bonds is 5. The Morgan fingerprint density at radius 3 is 2.82 bits per heavy atom. The molecule has 17 heavy (non-hydrogen) atoms. The number of ether oxygens (including phenoxy) is 1. The van der Waals surface area contributed by atoms with E-state index >= 15 is 0 Å². The van der Waals surface area contributed by atoms with Crippen LogP contribution in [0.5, 0.6) is 5.75 Å². The van der Waals surface area contributed by atoms with Crippen molar-refractivity contribution in [1.29, 1.82) is 0 Å². The average molecular weight is 232 g/mol. The molecule has 1 unspecified atom stereocenters. The Kier molecular flexibility index (Phi) is 6.21. The van der Waals surface area contributed by atoms with E-state index in [1.165, 1.54) is 0 Å². The molecule has 2 nitrogen and oxygen atoms in total. The molecule has 0 heterocycles. The lowest BCUT2D eigenvalue weighted by Gasteiger charge is -2.12. The van der Waals surface area contributed by atoms with Gasteiger partial charge in [0.15, 0.2) is 0 Å². The van der Waals surface area contributed by atoms with Gasteiger partial charge in [-0.3, -0.25) is 0 Å². The van der Waals surface area contributed by atoms with E-state index in [4.69, 9.17) is 9.84 Å². The van der Waals surface area contributed by atoms with Gasteiger partial charge in [0.2, 0.25) is 0 Å². The summed E-state index contributed by atoms with van der Waals surface area (Å²) in [5.74, 6) is 7.32. The van der Waals surface area contributed by atoms with Gasteiger partial charge in [-0.2, -0.15) is 0 Å². The minimum atomic E-state index is 0.100. The Labute approximate surface area is 104 Å². The summed E-state index contributed by atoms with van der Waals surface area (Å²) in [6, 6.07) is 7.77. The number of para-hydroxylation sites is 1. The number of aliphatic hydroxyl groups excluding tert-OH is 1. The van der Waals surface area contributed by atoms with Gasteiger partial charge >= 0.3 is 0 Å². The molecule has 0 aliphatic carbocycles. The Bertz CT molecular complexity index is 387. The Hall–Kier alpha value is -1.46. The van der Waals surface area contributed by atoms with Crippen molar-refractivity contribution in [2.75, 3.05) is 13.2 Å². The molecule has 0 spiro atoms. The highest BCUT2D eigenvalue weighted by Gasteiger charge is 2.03. The minimum Gasteiger partial charge on any atom is -0.492 e. The van der Waals surface area contributed by atoms with Gasteiger partial charge in [-0.25, -0.2) is 0 Å². The van der Waals surface area contributed by atoms with Crippen LogP contribution >= 0.6 is 0 Å². The third-order valence-corrected chi connectivity index (χ3v) is 2.57. The second-order valence-corrected chi connectivity index (χ2v) is 4.10. The lowest BCUT2D eigenvalue weighted by atomic mass is 10.1. The van der Waals surface area contributed by atoms with E-state index in [9.17, 15) is 0 Å². The topological polar surface area (TPSA) is 29.5 Å². The molecule has 0 aliphatic heterocycles. The molecule has 0 bridgehead atoms. The molecule has 0 aliphatic rings. The van der Waals surface area contributed by atoms with Crippen LogP contribution in [-0.2, 0) is 0 Å². The zero-order valence-electron chi connectivity index (χ0n) is 10.6. The fourth-order valence-electron chi connectivity index (χ4n) is 1.26. The summed E-state index contributed by atoms with van der Waals surface area (Å²) < 4.78 is 5.76. The van der Waals surface area contributed by atoms with Gasteiger partial charge in [0.1, 0.15) is 5.75 Å². The van der Waals surface area contributed by atoms with E-state index in [2.05, 4.69) is 25.7 Å². The average Bonchev–Trinajstić information content (AvgIpc) is 2.37. The van der Waals surface area contributed by atoms with Crippen molar-refractivity contribution < 1.29 is 9.84 Å². The van der Waals surface area contributed by atoms with Gasteiger partial charge in [0, 0.05) is 6.42 Å². The van der Waals surface area contributed by atoms with Crippen LogP contribution in [-0.4, -0.2) is 18.3 Å². The second-order valence-electron chi connectivity index (χ2n) is 4.10. The summed E-state index contributed by atoms with van der Waals surface area (Å²) in [5.41, 5.74) is 0.893. The summed E-state index contributed by atoms with van der Waals surface area (Å²) in [7, 11) is 0. The maximum atomic E-state index is 8.69. The van der Waals surface area contributed by atoms with E-state index in [1.54, 1.807) is 0 Å². The lowest BCUT2D eigenvalue weighted by Crippen LogP contribution is -2.07. The fraction of sp³-hybridized carbons (Fsp3) is 0.467. The molecular weight excluding hydrogens is 212 g/mol. The van der Waals surface area contributed by atoms with Gasteiger partial charge in [0.05, 0.1) is 18.8 Å². The van der Waals surface area contributed by atoms with Crippen molar-refractivity contribution in [1.82, 2.24) is 0 Å². The molecule has 2 heteroatoms. The van der Waals surface area contributed by atoms with Crippen LogP contribution in [0.15, 0.2) is 24.3 Å². The smallest absolute Gasteiger partial charge is 0.134 e. The molecule has 0 saturated carbocycles. The van der Waals surface area contributed by atoms with Crippen molar-refractivity contribution in [3.05, 3.63) is 29.8 Å². The molecule has 1 rings (SSSR count). The van der Waals surface area contributed by atoms with Gasteiger partial charge in [-0.05, 0) is 18.1 Å². The van der Waals surface area contributed by atoms with Gasteiger partial charge < -0.3 is 9.84 Å². The SMILES string of the molecule is CCC(C)COc1ccccc1C#CCCO. The maximum absolute atomic E-state index is 8.69. The highest BCUT2D eigenvalue weighted by atomic mass is 16.5. The molecule has 92 valence electrons. The van der Waals surface area contributed by atoms with Crippen LogP contribution in [0.25, 0.3) is 0 Å². The van der Waals surface area contributed by atoms with Crippen LogP contribution < -0.4 is 4.74 Å². The highest BCUT2D eigenvalue weighted by molar-refractivity contribution is 5.45. The molecule has 1 aromatic carbocycles. The van der Waals surface area contributed by atoms with E-state index in [-0.39, 0.29) is 6.61 Å². The lowest BCUT2D eigenvalue weighted by molar-refractivity contribution is 0.256. The molecular formula is C15H20O2. The molecule has 1 atom stereocenters. The summed E-state index contributed by atoms with van der Waals surface area (Å²) in [4.78, 5) is 0. The summed E-state index contributed by atoms with van der Waals surface area (Å²) >= 11 is 0. The number of hydrogen-bond acceptors (Lipinski definition) is 2. The molecule has 0 radical (unpaired) electrons. The summed E-state index contributed by atoms with van der Waals surface area (Å²) in [5, 5.41) is 8.69. The van der Waals surface area contributed by atoms with Crippen LogP contribution in [0, 0.1) is 17.8 Å². The van der Waals surface area contributed by atoms with Crippen molar-refractivity contribution in [3.8, 4) is 17.6 Å². The number of hydrogen-bond donors (Lipinski definition) is 1. The summed E-state index contributed by atoms with van der Waals surface area (Å²) in [6.45, 7) is 5.14. The Morgan fingerprint density at radius 2 is 2.12 bits per heavy atom. The zero-order valence-corrected chi connectivity index (χ0v) is 10.6. The number of benzene rings is 1. The molecule has 1 N–H and O–H groups in total. The van der Waals surface area contributed by atoms with E-state index in [0.29, 0.717) is 12.3 Å². The first-order valence-electron chi connectivity index (χ1n) is 6.09. The van der Waals surface area contributed by atoms with Crippen molar-refractivity contribution in [2.24, 2.45) is 5.92 Å². The highest BCUT2D eigenvalue weighted by Crippen LogP contribution is 2.18. The van der Waals surface area contributed by atoms with Crippen LogP contribution in [0.1, 0.15) is 32.3 Å². The van der Waals surface area contributed by atoms with Crippen LogP contribution in [0.2, 0.25) is 0 Å². The van der Waals surface area contributed by atoms with Gasteiger partial charge in [-0.15, -0.1) is 0 Å². The molecule has 0 amide bonds. The van der Waals surface area contributed by atoms with Crippen molar-refractivity contribution >= 4 is 0 Å². The van der Waals surface area contributed by atoms with Crippen molar-refractivity contribution in [3.63, 3.8) is 0 Å². The van der Waals surface area contributed by atoms with Crippen molar-refractivity contribution in [2.45, 2.75) is 26.7 Å². The fourth-order valence-corrected chi connectivity index (χ4v) is 1.26. The minimum absolute atomic E-state index is 0.100. The van der Waals surface area contributed by atoms with Gasteiger partial charge in [0.25, 0.3) is 0 Å². The third-order valence-electron chi connectivity index (χ3n) is 2.57. The van der Waals surface area contributed by atoms with E-state index in [0.717, 1.165) is 24.3 Å². The Morgan fingerprint density at radius 1 is 1.35 bits per heavy atom. The molecule has 0 saturated heterocycles. The van der Waals surface area contributed by atoms with Crippen LogP contribution in [0.4, 0.5) is 0 Å². The standard InChI is InChI=1S/C15H20O2/c1-3-13(2)12-17-15-10-5-4-8-14(15)9-6-7-11-16/h4-5,8,10,13,16H,3,7,11-12H2,1-2H3. The predicted octanol–water partition coefficient (Wildman–Crippen LogP) is 2.85. The zero-order chi connectivity index (χ0) is 12.5. The molecule has 0 fully saturated rings. The third kappa shape index (κ3) is 4.93. The quantitative estimate of drug-likeness (QED) is 0.791. The molecule has 0 aromatic heterocycles. The van der Waals surface area contributed by atoms with E-state index in [1.807, 2.05) is 24.3 Å². The monoisotopic (exact) mass is 232 g/mol. The predicted molar refractivity (Wildman–Crippen MR) is 70.0 cm³/mol. The Balaban J connectivity index is 2.68. The van der Waals surface area contributed by atoms with E-state index < -0.39 is 0 Å². The summed E-state index contributed by atoms with van der Waals surface area (Å²) in [6.07, 6.45) is 1.61. The normalized spacial score (nSPS) is 11.5. The maximum Gasteiger partial charge on any atom is 0.134 e. The first-order chi connectivity index (χ1) is 8.27. The molecule has 1 aromatic rings. The number of aliphatic hydroxyl groups is 1. The largest absolute Gasteiger partial charge is 0.492 e.